The molecule has 4 rings (SSSR count). The predicted molar refractivity (Wildman–Crippen MR) is 138 cm³/mol. The number of hydrogen-bond acceptors (Lipinski definition) is 5. The largest absolute Gasteiger partial charge is 0.385 e. The maximum absolute atomic E-state index is 15.7. The van der Waals surface area contributed by atoms with E-state index in [0.717, 1.165) is 19.3 Å². The number of nitrogens with two attached hydrogens (primary N) is 1. The van der Waals surface area contributed by atoms with Crippen LogP contribution in [0, 0.1) is 24.5 Å². The van der Waals surface area contributed by atoms with E-state index >= 15 is 4.39 Å². The minimum Gasteiger partial charge on any atom is -0.385 e. The molecule has 1 aliphatic heterocycles. The van der Waals surface area contributed by atoms with Gasteiger partial charge in [-0.05, 0) is 86.3 Å². The Balaban J connectivity index is 1.93. The number of ether oxygens (including phenoxy) is 2. The van der Waals surface area contributed by atoms with Crippen molar-refractivity contribution in [3.05, 3.63) is 59.2 Å². The summed E-state index contributed by atoms with van der Waals surface area (Å²) >= 11 is 0. The minimum atomic E-state index is -1.66. The summed E-state index contributed by atoms with van der Waals surface area (Å²) in [6.07, 6.45) is 4.48. The van der Waals surface area contributed by atoms with Crippen LogP contribution in [0.1, 0.15) is 49.7 Å². The first-order valence-corrected chi connectivity index (χ1v) is 13.1. The first kappa shape index (κ1) is 27.6. The number of methoxy groups -OCH3 is 1. The summed E-state index contributed by atoms with van der Waals surface area (Å²) in [6, 6.07) is 9.07. The Kier molecular flexibility index (Phi) is 8.63. The highest BCUT2D eigenvalue weighted by atomic mass is 19.1. The quantitative estimate of drug-likeness (QED) is 0.363. The van der Waals surface area contributed by atoms with Crippen molar-refractivity contribution in [2.24, 2.45) is 11.7 Å². The van der Waals surface area contributed by atoms with Gasteiger partial charge in [0.05, 0.1) is 13.2 Å². The Hall–Kier alpha value is -2.39. The molecule has 1 aliphatic carbocycles. The van der Waals surface area contributed by atoms with Gasteiger partial charge in [-0.2, -0.15) is 0 Å². The van der Waals surface area contributed by atoms with Gasteiger partial charge in [0.2, 0.25) is 6.41 Å². The van der Waals surface area contributed by atoms with Gasteiger partial charge >= 0.3 is 0 Å². The molecule has 0 bridgehead atoms. The van der Waals surface area contributed by atoms with Gasteiger partial charge in [-0.3, -0.25) is 4.79 Å². The third kappa shape index (κ3) is 5.30. The fourth-order valence-electron chi connectivity index (χ4n) is 6.30. The number of benzene rings is 2. The molecule has 202 valence electrons. The molecule has 1 amide bonds. The van der Waals surface area contributed by atoms with Gasteiger partial charge in [0.15, 0.2) is 0 Å². The lowest BCUT2D eigenvalue weighted by Gasteiger charge is -2.55. The molecule has 2 aromatic carbocycles. The highest BCUT2D eigenvalue weighted by molar-refractivity contribution is 5.70. The van der Waals surface area contributed by atoms with Crippen LogP contribution in [0.4, 0.5) is 8.78 Å². The predicted octanol–water partition coefficient (Wildman–Crippen LogP) is 4.30. The number of aliphatic hydroxyl groups is 1. The lowest BCUT2D eigenvalue weighted by Crippen LogP contribution is -2.66. The van der Waals surface area contributed by atoms with Gasteiger partial charge in [0, 0.05) is 31.9 Å². The van der Waals surface area contributed by atoms with Gasteiger partial charge < -0.3 is 25.2 Å². The molecular formula is C29H38F2N2O4. The number of carbonyl (C=O) groups is 1. The molecule has 1 heterocycles. The van der Waals surface area contributed by atoms with Crippen molar-refractivity contribution in [1.29, 1.82) is 0 Å². The van der Waals surface area contributed by atoms with Crippen molar-refractivity contribution in [2.75, 3.05) is 33.4 Å². The molecule has 6 nitrogen and oxygen atoms in total. The van der Waals surface area contributed by atoms with Crippen molar-refractivity contribution in [2.45, 2.75) is 62.7 Å². The van der Waals surface area contributed by atoms with Crippen molar-refractivity contribution in [3.63, 3.8) is 0 Å². The number of rotatable bonds is 10. The zero-order valence-electron chi connectivity index (χ0n) is 21.7. The van der Waals surface area contributed by atoms with Crippen LogP contribution >= 0.6 is 0 Å². The number of morpholine rings is 1. The van der Waals surface area contributed by atoms with Crippen LogP contribution in [0.25, 0.3) is 11.1 Å². The molecule has 1 saturated heterocycles. The fourth-order valence-corrected chi connectivity index (χ4v) is 6.30. The van der Waals surface area contributed by atoms with E-state index in [0.29, 0.717) is 49.1 Å². The van der Waals surface area contributed by atoms with Crippen LogP contribution in [-0.2, 0) is 19.9 Å². The summed E-state index contributed by atoms with van der Waals surface area (Å²) in [5.41, 5.74) is 4.93. The van der Waals surface area contributed by atoms with E-state index in [9.17, 15) is 14.3 Å². The zero-order valence-corrected chi connectivity index (χ0v) is 21.7. The van der Waals surface area contributed by atoms with Crippen molar-refractivity contribution in [3.8, 4) is 11.1 Å². The maximum atomic E-state index is 15.7. The van der Waals surface area contributed by atoms with E-state index in [2.05, 4.69) is 0 Å². The number of hydrogen-bond donors (Lipinski definition) is 2. The van der Waals surface area contributed by atoms with Crippen LogP contribution < -0.4 is 5.73 Å². The molecule has 2 fully saturated rings. The maximum Gasteiger partial charge on any atom is 0.209 e. The molecule has 8 heteroatoms. The molecule has 0 aromatic heterocycles. The second-order valence-corrected chi connectivity index (χ2v) is 10.5. The van der Waals surface area contributed by atoms with Crippen LogP contribution in [0.2, 0.25) is 0 Å². The highest BCUT2D eigenvalue weighted by Crippen LogP contribution is 2.53. The number of unbranched alkanes of at least 4 members (excludes halogenated alkanes) is 1. The molecule has 2 aromatic rings. The Labute approximate surface area is 217 Å². The second kappa shape index (κ2) is 11.6. The molecular weight excluding hydrogens is 478 g/mol. The smallest absolute Gasteiger partial charge is 0.209 e. The number of halogens is 2. The average molecular weight is 517 g/mol. The van der Waals surface area contributed by atoms with Gasteiger partial charge in [-0.15, -0.1) is 0 Å². The third-order valence-electron chi connectivity index (χ3n) is 8.20. The molecule has 2 aliphatic rings. The van der Waals surface area contributed by atoms with E-state index in [-0.39, 0.29) is 42.9 Å². The van der Waals surface area contributed by atoms with Crippen LogP contribution in [0.5, 0.6) is 0 Å². The van der Waals surface area contributed by atoms with E-state index in [1.807, 2.05) is 0 Å². The Morgan fingerprint density at radius 2 is 2.05 bits per heavy atom. The monoisotopic (exact) mass is 516 g/mol. The van der Waals surface area contributed by atoms with Crippen LogP contribution in [0.3, 0.4) is 0 Å². The SMILES string of the molecule is COCCCC[C@@](O)(c1cccc(F)c1-c1ccc(F)c(C)c1)[C@@]1([C@@H]2CC[C@H](N)C2)CN(C=O)CCO1. The van der Waals surface area contributed by atoms with E-state index in [1.165, 1.54) is 18.2 Å². The molecule has 37 heavy (non-hydrogen) atoms. The third-order valence-corrected chi connectivity index (χ3v) is 8.20. The number of nitrogens with zero attached hydrogens (tertiary/aromatic N) is 1. The molecule has 3 N–H and O–H groups in total. The summed E-state index contributed by atoms with van der Waals surface area (Å²) in [7, 11) is 1.63. The summed E-state index contributed by atoms with van der Waals surface area (Å²) in [4.78, 5) is 13.6. The standard InChI is InChI=1S/C29H38F2N2O4/c1-20-16-21(8-11-25(20)30)27-24(6-5-7-26(27)31)28(35,12-3-4-14-36-2)29(22-9-10-23(32)17-22)18-33(19-34)13-15-37-29/h5-8,11,16,19,22-23,35H,3-4,9-10,12-15,17-18,32H2,1-2H3/t22-,23+,28-,29+/m1/s1. The summed E-state index contributed by atoms with van der Waals surface area (Å²) in [5.74, 6) is -1.03. The fraction of sp³-hybridized carbons (Fsp3) is 0.552. The van der Waals surface area contributed by atoms with Crippen molar-refractivity contribution in [1.82, 2.24) is 4.90 Å². The second-order valence-electron chi connectivity index (χ2n) is 10.5. The first-order valence-electron chi connectivity index (χ1n) is 13.1. The van der Waals surface area contributed by atoms with Crippen molar-refractivity contribution < 1.29 is 28.2 Å². The van der Waals surface area contributed by atoms with E-state index in [1.54, 1.807) is 37.1 Å². The molecule has 0 unspecified atom stereocenters. The van der Waals surface area contributed by atoms with Crippen molar-refractivity contribution >= 4 is 6.41 Å². The first-order chi connectivity index (χ1) is 17.8. The van der Waals surface area contributed by atoms with Crippen LogP contribution in [-0.4, -0.2) is 61.5 Å². The van der Waals surface area contributed by atoms with Gasteiger partial charge in [0.1, 0.15) is 22.8 Å². The van der Waals surface area contributed by atoms with Crippen LogP contribution in [0.15, 0.2) is 36.4 Å². The number of carbonyl (C=O) groups excluding carboxylic acids is 1. The lowest BCUT2D eigenvalue weighted by atomic mass is 9.65. The normalized spacial score (nSPS) is 25.7. The molecule has 0 radical (unpaired) electrons. The highest BCUT2D eigenvalue weighted by Gasteiger charge is 2.60. The summed E-state index contributed by atoms with van der Waals surface area (Å²) < 4.78 is 41.6. The molecule has 1 saturated carbocycles. The molecule has 4 atom stereocenters. The van der Waals surface area contributed by atoms with Gasteiger partial charge in [-0.1, -0.05) is 18.2 Å². The van der Waals surface area contributed by atoms with E-state index in [4.69, 9.17) is 15.2 Å². The Morgan fingerprint density at radius 3 is 2.73 bits per heavy atom. The topological polar surface area (TPSA) is 85.0 Å². The number of amides is 1. The summed E-state index contributed by atoms with van der Waals surface area (Å²) in [5, 5.41) is 12.9. The lowest BCUT2D eigenvalue weighted by molar-refractivity contribution is -0.246. The number of aryl methyl sites for hydroxylation is 1. The Bertz CT molecular complexity index is 1100. The molecule has 0 spiro atoms. The van der Waals surface area contributed by atoms with E-state index < -0.39 is 17.0 Å². The van der Waals surface area contributed by atoms with Gasteiger partial charge in [-0.25, -0.2) is 8.78 Å². The average Bonchev–Trinajstić information content (AvgIpc) is 3.34. The van der Waals surface area contributed by atoms with Gasteiger partial charge in [0.25, 0.3) is 0 Å². The summed E-state index contributed by atoms with van der Waals surface area (Å²) in [6.45, 7) is 2.99. The Morgan fingerprint density at radius 1 is 1.24 bits per heavy atom. The minimum absolute atomic E-state index is 0.0402. The zero-order chi connectivity index (χ0) is 26.6.